The molecule has 3 rings (SSSR count). The van der Waals surface area contributed by atoms with Crippen molar-refractivity contribution < 1.29 is 4.74 Å². The first-order valence-electron chi connectivity index (χ1n) is 6.23. The van der Waals surface area contributed by atoms with E-state index in [0.29, 0.717) is 12.3 Å². The third-order valence-electron chi connectivity index (χ3n) is 3.00. The molecule has 2 aromatic carbocycles. The summed E-state index contributed by atoms with van der Waals surface area (Å²) in [6.45, 7) is 0.410. The zero-order valence-corrected chi connectivity index (χ0v) is 12.3. The molecule has 3 nitrogen and oxygen atoms in total. The van der Waals surface area contributed by atoms with Gasteiger partial charge in [0, 0.05) is 16.4 Å². The molecule has 0 radical (unpaired) electrons. The Bertz CT molecular complexity index is 758. The number of anilines is 1. The van der Waals surface area contributed by atoms with Gasteiger partial charge in [0.2, 0.25) is 0 Å². The Balaban J connectivity index is 1.79. The molecule has 3 aromatic rings. The Morgan fingerprint density at radius 1 is 1.00 bits per heavy atom. The van der Waals surface area contributed by atoms with Crippen LogP contribution in [0.15, 0.2) is 59.2 Å². The summed E-state index contributed by atoms with van der Waals surface area (Å²) in [5.74, 6) is 0.823. The van der Waals surface area contributed by atoms with E-state index >= 15 is 0 Å². The van der Waals surface area contributed by atoms with Gasteiger partial charge in [-0.1, -0.05) is 28.1 Å². The molecule has 0 fully saturated rings. The monoisotopic (exact) mass is 328 g/mol. The second-order valence-electron chi connectivity index (χ2n) is 4.52. The van der Waals surface area contributed by atoms with Gasteiger partial charge < -0.3 is 10.5 Å². The minimum absolute atomic E-state index is 0.410. The Hall–Kier alpha value is -2.07. The Kier molecular flexibility index (Phi) is 3.56. The summed E-state index contributed by atoms with van der Waals surface area (Å²) in [4.78, 5) is 4.22. The molecule has 0 aliphatic heterocycles. The fraction of sp³-hybridized carbons (Fsp3) is 0.0625. The van der Waals surface area contributed by atoms with Crippen molar-refractivity contribution in [2.45, 2.75) is 6.61 Å². The summed E-state index contributed by atoms with van der Waals surface area (Å²) < 4.78 is 6.83. The molecule has 2 N–H and O–H groups in total. The smallest absolute Gasteiger partial charge is 0.130 e. The third kappa shape index (κ3) is 2.91. The van der Waals surface area contributed by atoms with E-state index in [1.165, 1.54) is 5.39 Å². The lowest BCUT2D eigenvalue weighted by molar-refractivity contribution is 0.302. The molecule has 4 heteroatoms. The highest BCUT2D eigenvalue weighted by atomic mass is 79.9. The quantitative estimate of drug-likeness (QED) is 0.785. The number of hydrogen-bond acceptors (Lipinski definition) is 3. The summed E-state index contributed by atoms with van der Waals surface area (Å²) in [6, 6.07) is 15.8. The number of fused-ring (bicyclic) bond motifs is 1. The van der Waals surface area contributed by atoms with E-state index in [0.717, 1.165) is 21.3 Å². The lowest BCUT2D eigenvalue weighted by atomic mass is 10.1. The molecule has 0 atom stereocenters. The minimum Gasteiger partial charge on any atom is -0.487 e. The van der Waals surface area contributed by atoms with Gasteiger partial charge in [0.15, 0.2) is 0 Å². The fourth-order valence-electron chi connectivity index (χ4n) is 2.02. The number of aromatic nitrogens is 1. The first kappa shape index (κ1) is 12.9. The van der Waals surface area contributed by atoms with Gasteiger partial charge in [-0.3, -0.25) is 4.98 Å². The van der Waals surface area contributed by atoms with Gasteiger partial charge in [-0.2, -0.15) is 0 Å². The van der Waals surface area contributed by atoms with Crippen molar-refractivity contribution in [1.29, 1.82) is 0 Å². The number of nitrogens with zero attached hydrogens (tertiary/aromatic N) is 1. The van der Waals surface area contributed by atoms with Gasteiger partial charge in [0.25, 0.3) is 0 Å². The maximum absolute atomic E-state index is 5.76. The van der Waals surface area contributed by atoms with Crippen LogP contribution in [0.25, 0.3) is 10.8 Å². The van der Waals surface area contributed by atoms with Crippen molar-refractivity contribution in [3.8, 4) is 5.75 Å². The van der Waals surface area contributed by atoms with Crippen LogP contribution in [-0.2, 0) is 6.61 Å². The van der Waals surface area contributed by atoms with Gasteiger partial charge in [-0.05, 0) is 47.2 Å². The van der Waals surface area contributed by atoms with Crippen LogP contribution in [0.5, 0.6) is 5.75 Å². The van der Waals surface area contributed by atoms with Crippen LogP contribution in [0.4, 0.5) is 5.69 Å². The highest BCUT2D eigenvalue weighted by molar-refractivity contribution is 9.10. The SMILES string of the molecule is Nc1ccnc(COc2ccc3cc(Br)ccc3c2)c1. The average molecular weight is 329 g/mol. The molecule has 1 aromatic heterocycles. The molecule has 0 aliphatic rings. The molecule has 20 heavy (non-hydrogen) atoms. The molecular formula is C16H13BrN2O. The van der Waals surface area contributed by atoms with Crippen LogP contribution >= 0.6 is 15.9 Å². The number of benzene rings is 2. The van der Waals surface area contributed by atoms with Crippen LogP contribution in [0.2, 0.25) is 0 Å². The highest BCUT2D eigenvalue weighted by Crippen LogP contribution is 2.24. The van der Waals surface area contributed by atoms with Gasteiger partial charge in [-0.15, -0.1) is 0 Å². The van der Waals surface area contributed by atoms with Crippen LogP contribution in [-0.4, -0.2) is 4.98 Å². The molecule has 0 spiro atoms. The molecule has 0 aliphatic carbocycles. The van der Waals surface area contributed by atoms with E-state index in [1.807, 2.05) is 30.3 Å². The predicted octanol–water partition coefficient (Wildman–Crippen LogP) is 4.16. The number of pyridine rings is 1. The Morgan fingerprint density at radius 3 is 2.65 bits per heavy atom. The minimum atomic E-state index is 0.410. The number of hydrogen-bond donors (Lipinski definition) is 1. The Labute approximate surface area is 125 Å². The lowest BCUT2D eigenvalue weighted by Gasteiger charge is -2.07. The molecule has 1 heterocycles. The summed E-state index contributed by atoms with van der Waals surface area (Å²) in [5, 5.41) is 2.32. The molecule has 0 saturated carbocycles. The van der Waals surface area contributed by atoms with Gasteiger partial charge in [-0.25, -0.2) is 0 Å². The number of nitrogens with two attached hydrogens (primary N) is 1. The molecule has 0 saturated heterocycles. The van der Waals surface area contributed by atoms with Gasteiger partial charge in [0.05, 0.1) is 5.69 Å². The molecular weight excluding hydrogens is 316 g/mol. The standard InChI is InChI=1S/C16H13BrN2O/c17-13-3-1-12-8-16(4-2-11(12)7-13)20-10-15-9-14(18)5-6-19-15/h1-9H,10H2,(H2,18,19). The zero-order chi connectivity index (χ0) is 13.9. The van der Waals surface area contributed by atoms with Crippen LogP contribution in [0, 0.1) is 0 Å². The van der Waals surface area contributed by atoms with Crippen molar-refractivity contribution >= 4 is 32.4 Å². The summed E-state index contributed by atoms with van der Waals surface area (Å²) in [6.07, 6.45) is 1.69. The predicted molar refractivity (Wildman–Crippen MR) is 84.6 cm³/mol. The number of ether oxygens (including phenoxy) is 1. The first-order valence-corrected chi connectivity index (χ1v) is 7.02. The van der Waals surface area contributed by atoms with Crippen molar-refractivity contribution in [3.63, 3.8) is 0 Å². The van der Waals surface area contributed by atoms with Gasteiger partial charge in [0.1, 0.15) is 12.4 Å². The Morgan fingerprint density at radius 2 is 1.80 bits per heavy atom. The van der Waals surface area contributed by atoms with E-state index in [2.05, 4.69) is 33.0 Å². The normalized spacial score (nSPS) is 10.7. The summed E-state index contributed by atoms with van der Waals surface area (Å²) in [7, 11) is 0. The van der Waals surface area contributed by atoms with Crippen LogP contribution < -0.4 is 10.5 Å². The maximum Gasteiger partial charge on any atom is 0.130 e. The third-order valence-corrected chi connectivity index (χ3v) is 3.49. The topological polar surface area (TPSA) is 48.1 Å². The van der Waals surface area contributed by atoms with Crippen molar-refractivity contribution in [2.24, 2.45) is 0 Å². The van der Waals surface area contributed by atoms with Gasteiger partial charge >= 0.3 is 0 Å². The van der Waals surface area contributed by atoms with E-state index < -0.39 is 0 Å². The molecule has 0 unspecified atom stereocenters. The largest absolute Gasteiger partial charge is 0.487 e. The van der Waals surface area contributed by atoms with Crippen LogP contribution in [0.3, 0.4) is 0 Å². The first-order chi connectivity index (χ1) is 9.70. The van der Waals surface area contributed by atoms with E-state index in [-0.39, 0.29) is 0 Å². The number of nitrogen functional groups attached to an aromatic ring is 1. The van der Waals surface area contributed by atoms with Crippen molar-refractivity contribution in [1.82, 2.24) is 4.98 Å². The number of halogens is 1. The molecule has 0 bridgehead atoms. The zero-order valence-electron chi connectivity index (χ0n) is 10.7. The van der Waals surface area contributed by atoms with Crippen LogP contribution in [0.1, 0.15) is 5.69 Å². The highest BCUT2D eigenvalue weighted by Gasteiger charge is 2.00. The van der Waals surface area contributed by atoms with E-state index in [1.54, 1.807) is 12.3 Å². The molecule has 0 amide bonds. The van der Waals surface area contributed by atoms with E-state index in [9.17, 15) is 0 Å². The second kappa shape index (κ2) is 5.51. The average Bonchev–Trinajstić information content (AvgIpc) is 2.45. The second-order valence-corrected chi connectivity index (χ2v) is 5.44. The lowest BCUT2D eigenvalue weighted by Crippen LogP contribution is -1.99. The molecule has 100 valence electrons. The van der Waals surface area contributed by atoms with Crippen molar-refractivity contribution in [2.75, 3.05) is 5.73 Å². The summed E-state index contributed by atoms with van der Waals surface area (Å²) >= 11 is 3.47. The van der Waals surface area contributed by atoms with Crippen molar-refractivity contribution in [3.05, 3.63) is 64.9 Å². The van der Waals surface area contributed by atoms with E-state index in [4.69, 9.17) is 10.5 Å². The number of rotatable bonds is 3. The maximum atomic E-state index is 5.76. The fourth-order valence-corrected chi connectivity index (χ4v) is 2.40. The summed E-state index contributed by atoms with van der Waals surface area (Å²) in [5.41, 5.74) is 7.23.